The number of para-hydroxylation sites is 1. The third-order valence-corrected chi connectivity index (χ3v) is 6.99. The van der Waals surface area contributed by atoms with Crippen LogP contribution in [-0.4, -0.2) is 19.5 Å². The summed E-state index contributed by atoms with van der Waals surface area (Å²) in [4.78, 5) is 13.0. The SMILES string of the molecule is CC1(C)c2cc3ccccc3cc2-c2ccc3c(c21)c1ccccc1n3-c1ncncn1. The smallest absolute Gasteiger partial charge is 0.237 e. The summed E-state index contributed by atoms with van der Waals surface area (Å²) in [5.74, 6) is 0.644. The lowest BCUT2D eigenvalue weighted by atomic mass is 9.80. The first-order valence-electron chi connectivity index (χ1n) is 10.9. The first-order chi connectivity index (χ1) is 15.6. The second-order valence-electron chi connectivity index (χ2n) is 9.04. The van der Waals surface area contributed by atoms with Crippen molar-refractivity contribution in [2.75, 3.05) is 0 Å². The van der Waals surface area contributed by atoms with Gasteiger partial charge < -0.3 is 0 Å². The molecule has 0 unspecified atom stereocenters. The van der Waals surface area contributed by atoms with Gasteiger partial charge in [-0.2, -0.15) is 0 Å². The topological polar surface area (TPSA) is 43.6 Å². The molecule has 0 N–H and O–H groups in total. The number of fused-ring (bicyclic) bond motifs is 8. The minimum Gasteiger partial charge on any atom is -0.278 e. The standard InChI is InChI=1S/C28H20N4/c1-28(2)22-14-18-8-4-3-7-17(18)13-21(22)19-11-12-24-25(26(19)28)20-9-5-6-10-23(20)32(24)27-30-15-29-16-31-27/h3-16H,1-2H3. The zero-order valence-electron chi connectivity index (χ0n) is 17.9. The molecule has 0 saturated carbocycles. The number of hydrogen-bond donors (Lipinski definition) is 0. The van der Waals surface area contributed by atoms with Crippen LogP contribution < -0.4 is 0 Å². The van der Waals surface area contributed by atoms with Crippen LogP contribution in [0.5, 0.6) is 0 Å². The summed E-state index contributed by atoms with van der Waals surface area (Å²) >= 11 is 0. The fraction of sp³-hybridized carbons (Fsp3) is 0.107. The molecule has 2 aromatic heterocycles. The van der Waals surface area contributed by atoms with E-state index in [9.17, 15) is 0 Å². The van der Waals surface area contributed by atoms with Gasteiger partial charge in [0.25, 0.3) is 0 Å². The molecule has 0 atom stereocenters. The Balaban J connectivity index is 1.65. The summed E-state index contributed by atoms with van der Waals surface area (Å²) in [6, 6.07) is 26.4. The third-order valence-electron chi connectivity index (χ3n) is 6.99. The second kappa shape index (κ2) is 6.01. The second-order valence-corrected chi connectivity index (χ2v) is 9.04. The highest BCUT2D eigenvalue weighted by Crippen LogP contribution is 2.53. The number of aromatic nitrogens is 4. The van der Waals surface area contributed by atoms with Crippen LogP contribution in [0.15, 0.2) is 85.5 Å². The molecular formula is C28H20N4. The summed E-state index contributed by atoms with van der Waals surface area (Å²) in [5, 5.41) is 5.08. The number of hydrogen-bond acceptors (Lipinski definition) is 3. The predicted molar refractivity (Wildman–Crippen MR) is 129 cm³/mol. The van der Waals surface area contributed by atoms with Crippen LogP contribution in [0.25, 0.3) is 49.7 Å². The molecule has 1 aliphatic rings. The Morgan fingerprint density at radius 2 is 1.44 bits per heavy atom. The van der Waals surface area contributed by atoms with Gasteiger partial charge in [-0.1, -0.05) is 62.4 Å². The highest BCUT2D eigenvalue weighted by Gasteiger charge is 2.38. The molecule has 4 heteroatoms. The molecule has 4 nitrogen and oxygen atoms in total. The van der Waals surface area contributed by atoms with Crippen LogP contribution in [0.2, 0.25) is 0 Å². The van der Waals surface area contributed by atoms with Crippen LogP contribution in [0.1, 0.15) is 25.0 Å². The largest absolute Gasteiger partial charge is 0.278 e. The molecule has 6 aromatic rings. The summed E-state index contributed by atoms with van der Waals surface area (Å²) < 4.78 is 2.15. The highest BCUT2D eigenvalue weighted by molar-refractivity contribution is 6.14. The van der Waals surface area contributed by atoms with Crippen LogP contribution in [0.3, 0.4) is 0 Å². The van der Waals surface area contributed by atoms with Crippen molar-refractivity contribution in [1.82, 2.24) is 19.5 Å². The van der Waals surface area contributed by atoms with Crippen molar-refractivity contribution in [2.24, 2.45) is 0 Å². The van der Waals surface area contributed by atoms with Crippen molar-refractivity contribution in [3.05, 3.63) is 96.6 Å². The molecule has 1 aliphatic carbocycles. The lowest BCUT2D eigenvalue weighted by molar-refractivity contribution is 0.667. The number of rotatable bonds is 1. The summed E-state index contributed by atoms with van der Waals surface area (Å²) in [6.07, 6.45) is 3.11. The van der Waals surface area contributed by atoms with Gasteiger partial charge in [0.2, 0.25) is 5.95 Å². The average Bonchev–Trinajstić information content (AvgIpc) is 3.27. The van der Waals surface area contributed by atoms with Crippen LogP contribution >= 0.6 is 0 Å². The molecule has 0 saturated heterocycles. The molecule has 152 valence electrons. The van der Waals surface area contributed by atoms with Gasteiger partial charge in [-0.25, -0.2) is 15.0 Å². The number of nitrogens with zero attached hydrogens (tertiary/aromatic N) is 4. The fourth-order valence-corrected chi connectivity index (χ4v) is 5.61. The van der Waals surface area contributed by atoms with E-state index in [1.54, 1.807) is 12.7 Å². The van der Waals surface area contributed by atoms with Crippen molar-refractivity contribution < 1.29 is 0 Å². The lowest BCUT2D eigenvalue weighted by Crippen LogP contribution is -2.15. The molecule has 0 aliphatic heterocycles. The minimum atomic E-state index is -0.123. The Morgan fingerprint density at radius 3 is 2.25 bits per heavy atom. The van der Waals surface area contributed by atoms with Gasteiger partial charge in [-0.3, -0.25) is 4.57 Å². The highest BCUT2D eigenvalue weighted by atomic mass is 15.2. The molecule has 0 radical (unpaired) electrons. The first kappa shape index (κ1) is 17.6. The molecule has 0 spiro atoms. The minimum absolute atomic E-state index is 0.123. The Hall–Kier alpha value is -4.05. The summed E-state index contributed by atoms with van der Waals surface area (Å²) in [6.45, 7) is 4.70. The Bertz CT molecular complexity index is 1690. The van der Waals surface area contributed by atoms with Crippen LogP contribution in [-0.2, 0) is 5.41 Å². The van der Waals surface area contributed by atoms with E-state index in [0.717, 1.165) is 11.0 Å². The van der Waals surface area contributed by atoms with Crippen molar-refractivity contribution in [2.45, 2.75) is 19.3 Å². The van der Waals surface area contributed by atoms with Gasteiger partial charge in [0.05, 0.1) is 11.0 Å². The monoisotopic (exact) mass is 412 g/mol. The maximum atomic E-state index is 4.47. The van der Waals surface area contributed by atoms with Gasteiger partial charge in [-0.05, 0) is 57.3 Å². The van der Waals surface area contributed by atoms with E-state index >= 15 is 0 Å². The number of benzene rings is 4. The molecular weight excluding hydrogens is 392 g/mol. The average molecular weight is 412 g/mol. The van der Waals surface area contributed by atoms with Crippen molar-refractivity contribution in [3.63, 3.8) is 0 Å². The maximum absolute atomic E-state index is 4.47. The zero-order valence-corrected chi connectivity index (χ0v) is 17.9. The van der Waals surface area contributed by atoms with Gasteiger partial charge >= 0.3 is 0 Å². The molecule has 4 aromatic carbocycles. The Labute approximate surface area is 185 Å². The van der Waals surface area contributed by atoms with Gasteiger partial charge in [0.15, 0.2) is 0 Å². The predicted octanol–water partition coefficient (Wildman–Crippen LogP) is 6.43. The first-order valence-corrected chi connectivity index (χ1v) is 10.9. The van der Waals surface area contributed by atoms with E-state index in [-0.39, 0.29) is 5.41 Å². The van der Waals surface area contributed by atoms with Crippen LogP contribution in [0, 0.1) is 0 Å². The molecule has 32 heavy (non-hydrogen) atoms. The molecule has 2 heterocycles. The van der Waals surface area contributed by atoms with E-state index in [1.807, 2.05) is 0 Å². The summed E-state index contributed by atoms with van der Waals surface area (Å²) in [7, 11) is 0. The summed E-state index contributed by atoms with van der Waals surface area (Å²) in [5.41, 5.74) is 7.53. The Kier molecular flexibility index (Phi) is 3.31. The quantitative estimate of drug-likeness (QED) is 0.313. The van der Waals surface area contributed by atoms with Gasteiger partial charge in [0, 0.05) is 16.2 Å². The maximum Gasteiger partial charge on any atom is 0.237 e. The lowest BCUT2D eigenvalue weighted by Gasteiger charge is -2.23. The normalized spacial score (nSPS) is 14.2. The van der Waals surface area contributed by atoms with Crippen molar-refractivity contribution in [1.29, 1.82) is 0 Å². The molecule has 0 amide bonds. The zero-order chi connectivity index (χ0) is 21.4. The van der Waals surface area contributed by atoms with E-state index in [0.29, 0.717) is 5.95 Å². The van der Waals surface area contributed by atoms with Crippen molar-refractivity contribution >= 4 is 32.6 Å². The molecule has 7 rings (SSSR count). The van der Waals surface area contributed by atoms with Crippen LogP contribution in [0.4, 0.5) is 0 Å². The van der Waals surface area contributed by atoms with E-state index < -0.39 is 0 Å². The van der Waals surface area contributed by atoms with E-state index in [2.05, 4.69) is 106 Å². The Morgan fingerprint density at radius 1 is 0.719 bits per heavy atom. The molecule has 0 bridgehead atoms. The fourth-order valence-electron chi connectivity index (χ4n) is 5.61. The molecule has 0 fully saturated rings. The van der Waals surface area contributed by atoms with E-state index in [4.69, 9.17) is 0 Å². The third kappa shape index (κ3) is 2.14. The van der Waals surface area contributed by atoms with Gasteiger partial charge in [0.1, 0.15) is 12.7 Å². The van der Waals surface area contributed by atoms with E-state index in [1.165, 1.54) is 43.8 Å². The van der Waals surface area contributed by atoms with Gasteiger partial charge in [-0.15, -0.1) is 0 Å². The van der Waals surface area contributed by atoms with Crippen molar-refractivity contribution in [3.8, 4) is 17.1 Å².